The second-order valence-electron chi connectivity index (χ2n) is 18.8. The quantitative estimate of drug-likeness (QED) is 0.0577. The number of hydrogen-bond acceptors (Lipinski definition) is 20. The second kappa shape index (κ2) is 24.3. The average molecular weight is 923 g/mol. The van der Waals surface area contributed by atoms with E-state index in [0.717, 1.165) is 0 Å². The lowest BCUT2D eigenvalue weighted by Gasteiger charge is -2.49. The van der Waals surface area contributed by atoms with Crippen molar-refractivity contribution in [1.29, 1.82) is 0 Å². The first kappa shape index (κ1) is 53.7. The van der Waals surface area contributed by atoms with Crippen LogP contribution in [-0.2, 0) is 42.7 Å². The average Bonchev–Trinajstić information content (AvgIpc) is 3.28. The summed E-state index contributed by atoms with van der Waals surface area (Å²) in [5.41, 5.74) is 0. The molecule has 0 aromatic heterocycles. The Hall–Kier alpha value is -1.25. The zero-order valence-corrected chi connectivity index (χ0v) is 39.0. The van der Waals surface area contributed by atoms with Crippen LogP contribution in [0.5, 0.6) is 0 Å². The largest absolute Gasteiger partial charge is 0.547 e. The van der Waals surface area contributed by atoms with Crippen LogP contribution in [0.3, 0.4) is 0 Å². The molecule has 5 rings (SSSR count). The number of methoxy groups -OCH3 is 1. The van der Waals surface area contributed by atoms with Crippen molar-refractivity contribution < 1.29 is 83.5 Å². The van der Waals surface area contributed by atoms with Crippen molar-refractivity contribution in [3.8, 4) is 0 Å². The minimum absolute atomic E-state index is 0.0149. The van der Waals surface area contributed by atoms with Gasteiger partial charge in [0.05, 0.1) is 93.3 Å². The van der Waals surface area contributed by atoms with Crippen molar-refractivity contribution in [1.82, 2.24) is 16.0 Å². The van der Waals surface area contributed by atoms with Crippen LogP contribution < -0.4 is 21.1 Å². The lowest BCUT2D eigenvalue weighted by atomic mass is 9.69. The van der Waals surface area contributed by atoms with Crippen molar-refractivity contribution in [2.75, 3.05) is 54.7 Å². The first-order valence-corrected chi connectivity index (χ1v) is 23.5. The molecule has 374 valence electrons. The number of aliphatic hydroxyl groups excluding tert-OH is 7. The summed E-state index contributed by atoms with van der Waals surface area (Å²) in [5, 5.41) is 99.5. The third-order valence-electron chi connectivity index (χ3n) is 15.1. The molecule has 20 heteroatoms. The van der Waals surface area contributed by atoms with Gasteiger partial charge in [-0.05, 0) is 58.2 Å². The first-order chi connectivity index (χ1) is 30.5. The molecule has 10 N–H and O–H groups in total. The number of ether oxygens (including phenoxy) is 8. The highest BCUT2D eigenvalue weighted by atomic mass is 16.7. The zero-order valence-electron chi connectivity index (χ0n) is 39.0. The summed E-state index contributed by atoms with van der Waals surface area (Å²) in [6.45, 7) is 9.59. The van der Waals surface area contributed by atoms with Gasteiger partial charge in [-0.2, -0.15) is 0 Å². The summed E-state index contributed by atoms with van der Waals surface area (Å²) in [5.74, 6) is -4.07. The molecule has 0 bridgehead atoms. The normalized spacial score (nSPS) is 48.0. The predicted octanol–water partition coefficient (Wildman–Crippen LogP) is -3.16. The molecule has 0 aromatic carbocycles. The second-order valence-corrected chi connectivity index (χ2v) is 18.8. The number of likely N-dealkylation sites (N-methyl/N-ethyl adjacent to an activating group) is 2. The molecule has 64 heavy (non-hydrogen) atoms. The van der Waals surface area contributed by atoms with Crippen LogP contribution in [0.4, 0.5) is 0 Å². The van der Waals surface area contributed by atoms with Gasteiger partial charge in [-0.15, -0.1) is 0 Å². The van der Waals surface area contributed by atoms with Crippen LogP contribution in [0.15, 0.2) is 0 Å². The lowest BCUT2D eigenvalue weighted by Crippen LogP contribution is -2.64. The molecule has 2 aliphatic carbocycles. The van der Waals surface area contributed by atoms with E-state index in [4.69, 9.17) is 37.9 Å². The van der Waals surface area contributed by atoms with Gasteiger partial charge in [0.1, 0.15) is 36.6 Å². The van der Waals surface area contributed by atoms with Gasteiger partial charge >= 0.3 is 0 Å². The molecule has 5 aliphatic rings. The van der Waals surface area contributed by atoms with Gasteiger partial charge in [0.25, 0.3) is 0 Å². The van der Waals surface area contributed by atoms with E-state index < -0.39 is 128 Å². The van der Waals surface area contributed by atoms with E-state index in [1.54, 1.807) is 14.1 Å². The number of carbonyl (C=O) groups excluding carboxylic acids is 1. The van der Waals surface area contributed by atoms with Gasteiger partial charge in [-0.3, -0.25) is 0 Å². The summed E-state index contributed by atoms with van der Waals surface area (Å²) >= 11 is 0. The number of nitrogens with one attached hydrogen (secondary N) is 3. The minimum Gasteiger partial charge on any atom is -0.547 e. The molecular weight excluding hydrogens is 842 g/mol. The number of rotatable bonds is 20. The Labute approximate surface area is 377 Å². The minimum atomic E-state index is -1.68. The van der Waals surface area contributed by atoms with Crippen LogP contribution in [0, 0.1) is 35.5 Å². The summed E-state index contributed by atoms with van der Waals surface area (Å²) in [4.78, 5) is 12.4. The third-order valence-corrected chi connectivity index (χ3v) is 15.1. The van der Waals surface area contributed by atoms with Gasteiger partial charge in [-0.25, -0.2) is 0 Å². The summed E-state index contributed by atoms with van der Waals surface area (Å²) < 4.78 is 48.4. The van der Waals surface area contributed by atoms with E-state index in [-0.39, 0.29) is 56.0 Å². The topological polar surface area (TPSA) is 292 Å². The van der Waals surface area contributed by atoms with Crippen molar-refractivity contribution in [2.24, 2.45) is 35.5 Å². The maximum absolute atomic E-state index is 12.4. The molecule has 10 unspecified atom stereocenters. The fraction of sp³-hybridized carbons (Fsp3) is 0.977. The summed E-state index contributed by atoms with van der Waals surface area (Å²) in [6, 6.07) is -1.36. The Bertz CT molecular complexity index is 1410. The monoisotopic (exact) mass is 923 g/mol. The molecule has 0 radical (unpaired) electrons. The van der Waals surface area contributed by atoms with Gasteiger partial charge in [0, 0.05) is 37.3 Å². The Morgan fingerprint density at radius 1 is 0.594 bits per heavy atom. The van der Waals surface area contributed by atoms with Crippen molar-refractivity contribution in [3.63, 3.8) is 0 Å². The SMILES string of the molecule is CCC1O[C@H](COC[C@@H]2C(C(=O)[O-])O[C@@H](O[C@@H]3C(CC)C[C@H](COC[C@@H]4C(O)C[C@@H](O[C@@H]5C(CC)O[C@H](OC)C(NC)[C@@H]5O)C(C)[C@@H]4O)C(NC)[C@@H]3C)C(O)[C@@H]2O)C(NC)[C@H](O)[C@@H]1O. The molecule has 0 amide bonds. The molecular formula is C44H80N3O17-. The van der Waals surface area contributed by atoms with Gasteiger partial charge in [0.2, 0.25) is 0 Å². The van der Waals surface area contributed by atoms with E-state index in [1.165, 1.54) is 7.11 Å². The van der Waals surface area contributed by atoms with E-state index in [1.807, 2.05) is 41.7 Å². The van der Waals surface area contributed by atoms with E-state index in [9.17, 15) is 45.6 Å². The predicted molar refractivity (Wildman–Crippen MR) is 226 cm³/mol. The van der Waals surface area contributed by atoms with Gasteiger partial charge in [0.15, 0.2) is 12.6 Å². The van der Waals surface area contributed by atoms with Crippen molar-refractivity contribution >= 4 is 5.97 Å². The number of carboxylic acid groups (broad SMARTS) is 1. The Balaban J connectivity index is 1.15. The first-order valence-electron chi connectivity index (χ1n) is 23.5. The highest BCUT2D eigenvalue weighted by Crippen LogP contribution is 2.41. The fourth-order valence-corrected chi connectivity index (χ4v) is 11.2. The number of hydrogen-bond donors (Lipinski definition) is 10. The number of aliphatic carboxylic acids is 1. The lowest BCUT2D eigenvalue weighted by molar-refractivity contribution is -0.354. The summed E-state index contributed by atoms with van der Waals surface area (Å²) in [7, 11) is 6.67. The Kier molecular flexibility index (Phi) is 20.4. The number of carbonyl (C=O) groups is 1. The Morgan fingerprint density at radius 2 is 1.23 bits per heavy atom. The van der Waals surface area contributed by atoms with Crippen LogP contribution >= 0.6 is 0 Å². The van der Waals surface area contributed by atoms with Crippen LogP contribution in [0.1, 0.15) is 66.7 Å². The van der Waals surface area contributed by atoms with Crippen LogP contribution in [-0.4, -0.2) is 213 Å². The third kappa shape index (κ3) is 11.6. The van der Waals surface area contributed by atoms with E-state index in [2.05, 4.69) is 16.0 Å². The van der Waals surface area contributed by atoms with Crippen molar-refractivity contribution in [2.45, 2.75) is 183 Å². The Morgan fingerprint density at radius 3 is 1.83 bits per heavy atom. The van der Waals surface area contributed by atoms with Crippen molar-refractivity contribution in [3.05, 3.63) is 0 Å². The highest BCUT2D eigenvalue weighted by molar-refractivity contribution is 5.70. The van der Waals surface area contributed by atoms with Gasteiger partial charge < -0.3 is 99.5 Å². The molecule has 25 atom stereocenters. The van der Waals surface area contributed by atoms with E-state index in [0.29, 0.717) is 32.3 Å². The zero-order chi connectivity index (χ0) is 47.2. The molecule has 3 saturated heterocycles. The number of aliphatic hydroxyl groups is 7. The van der Waals surface area contributed by atoms with Gasteiger partial charge in [-0.1, -0.05) is 41.0 Å². The molecule has 3 aliphatic heterocycles. The molecule has 0 spiro atoms. The van der Waals surface area contributed by atoms with Crippen LogP contribution in [0.2, 0.25) is 0 Å². The maximum Gasteiger partial charge on any atom is 0.187 e. The highest BCUT2D eigenvalue weighted by Gasteiger charge is 2.52. The fourth-order valence-electron chi connectivity index (χ4n) is 11.2. The molecule has 2 saturated carbocycles. The van der Waals surface area contributed by atoms with Crippen LogP contribution in [0.25, 0.3) is 0 Å². The standard InChI is InChI=1S/C44H81N3O17/c1-10-21-13-22(15-58-16-23-25(48)14-28(19(4)33(23)49)61-41-27(12-3)62-43(57-9)32(47-8)37(41)53)30(45-6)20(5)39(21)63-44-38(54)34(50)24(40(64-44)42(55)56)17-59-18-29-31(46-7)36(52)35(51)26(11-2)60-29/h19-41,43-54H,10-18H2,1-9H3,(H,55,56)/p-1/t19?,20-,21?,22+,23+,24-,25?,26?,27?,28+,29+,30?,31?,32?,33-,34+,35+,36-,37-,38?,39-,40?,41+,43-,44+/m0/s1. The molecule has 0 aromatic rings. The van der Waals surface area contributed by atoms with E-state index >= 15 is 0 Å². The number of carboxylic acids is 1. The molecule has 3 heterocycles. The smallest absolute Gasteiger partial charge is 0.187 e. The maximum atomic E-state index is 12.4. The molecule has 20 nitrogen and oxygen atoms in total. The summed E-state index contributed by atoms with van der Waals surface area (Å²) in [6.07, 6.45) is -13.1. The molecule has 5 fully saturated rings.